The van der Waals surface area contributed by atoms with Crippen LogP contribution in [0.15, 0.2) is 50.7 Å². The molecule has 3 atom stereocenters. The van der Waals surface area contributed by atoms with Gasteiger partial charge in [-0.15, -0.1) is 0 Å². The summed E-state index contributed by atoms with van der Waals surface area (Å²) in [6.07, 6.45) is 12.5. The van der Waals surface area contributed by atoms with Gasteiger partial charge >= 0.3 is 0 Å². The molecule has 0 amide bonds. The van der Waals surface area contributed by atoms with E-state index in [4.69, 9.17) is 9.15 Å². The standard InChI is InChI=1S/C25H36O4/c1-9-18(4)23(26)19(5)15-17(3)12-10-11-16(2)13-14-22-20(6)24(27)21(7)25(28-8)29-22/h9-10,12-16,19,23,26H,11H2,1-8H3/b12-10+,14-13+,17-15+,18-9+/t16?,19-,23+/m1/s1. The van der Waals surface area contributed by atoms with E-state index >= 15 is 0 Å². The zero-order chi connectivity index (χ0) is 22.1. The Morgan fingerprint density at radius 2 is 1.86 bits per heavy atom. The van der Waals surface area contributed by atoms with Crippen LogP contribution in [0.1, 0.15) is 57.9 Å². The second-order valence-corrected chi connectivity index (χ2v) is 7.76. The van der Waals surface area contributed by atoms with Crippen LogP contribution in [-0.2, 0) is 0 Å². The van der Waals surface area contributed by atoms with Crippen molar-refractivity contribution < 1.29 is 14.3 Å². The van der Waals surface area contributed by atoms with Crippen LogP contribution < -0.4 is 10.2 Å². The topological polar surface area (TPSA) is 59.7 Å². The Kier molecular flexibility index (Phi) is 9.90. The first-order valence-electron chi connectivity index (χ1n) is 10.1. The van der Waals surface area contributed by atoms with Gasteiger partial charge in [0.15, 0.2) is 5.43 Å². The van der Waals surface area contributed by atoms with Gasteiger partial charge < -0.3 is 14.3 Å². The summed E-state index contributed by atoms with van der Waals surface area (Å²) in [6, 6.07) is 0. The first-order valence-corrected chi connectivity index (χ1v) is 10.1. The van der Waals surface area contributed by atoms with Gasteiger partial charge in [-0.2, -0.15) is 0 Å². The average molecular weight is 401 g/mol. The SMILES string of the molecule is C/C=C(\C)[C@H](O)[C@H](C)/C=C(C)/C=C/CC(C)/C=C/c1oc(OC)c(C)c(=O)c1C. The van der Waals surface area contributed by atoms with Crippen LogP contribution in [-0.4, -0.2) is 18.3 Å². The summed E-state index contributed by atoms with van der Waals surface area (Å²) in [5.74, 6) is 1.14. The highest BCUT2D eigenvalue weighted by molar-refractivity contribution is 5.49. The van der Waals surface area contributed by atoms with E-state index in [2.05, 4.69) is 25.2 Å². The van der Waals surface area contributed by atoms with Gasteiger partial charge in [-0.25, -0.2) is 0 Å². The summed E-state index contributed by atoms with van der Waals surface area (Å²) < 4.78 is 10.8. The molecule has 1 rings (SSSR count). The first-order chi connectivity index (χ1) is 13.6. The highest BCUT2D eigenvalue weighted by Gasteiger charge is 2.13. The van der Waals surface area contributed by atoms with E-state index in [-0.39, 0.29) is 23.2 Å². The molecule has 1 unspecified atom stereocenters. The van der Waals surface area contributed by atoms with E-state index in [9.17, 15) is 9.90 Å². The van der Waals surface area contributed by atoms with E-state index in [1.165, 1.54) is 7.11 Å². The summed E-state index contributed by atoms with van der Waals surface area (Å²) in [7, 11) is 1.50. The number of aliphatic hydroxyl groups excluding tert-OH is 1. The minimum atomic E-state index is -0.449. The van der Waals surface area contributed by atoms with Crippen molar-refractivity contribution in [3.8, 4) is 5.95 Å². The van der Waals surface area contributed by atoms with Crippen molar-refractivity contribution in [1.82, 2.24) is 0 Å². The molecule has 0 aliphatic heterocycles. The molecule has 29 heavy (non-hydrogen) atoms. The maximum atomic E-state index is 12.2. The summed E-state index contributed by atoms with van der Waals surface area (Å²) in [6.45, 7) is 13.5. The minimum Gasteiger partial charge on any atom is -0.468 e. The van der Waals surface area contributed by atoms with E-state index in [1.54, 1.807) is 13.8 Å². The van der Waals surface area contributed by atoms with Crippen LogP contribution >= 0.6 is 0 Å². The molecule has 4 heteroatoms. The van der Waals surface area contributed by atoms with Crippen LogP contribution in [0.3, 0.4) is 0 Å². The second kappa shape index (κ2) is 11.6. The number of methoxy groups -OCH3 is 1. The number of ether oxygens (including phenoxy) is 1. The Bertz CT molecular complexity index is 852. The van der Waals surface area contributed by atoms with Crippen LogP contribution in [0.25, 0.3) is 6.08 Å². The quantitative estimate of drug-likeness (QED) is 0.422. The molecule has 160 valence electrons. The molecule has 0 aromatic carbocycles. The highest BCUT2D eigenvalue weighted by atomic mass is 16.6. The third kappa shape index (κ3) is 7.21. The molecule has 0 radical (unpaired) electrons. The van der Waals surface area contributed by atoms with Gasteiger partial charge in [0.2, 0.25) is 0 Å². The molecule has 0 aliphatic carbocycles. The van der Waals surface area contributed by atoms with Crippen LogP contribution in [0.5, 0.6) is 5.95 Å². The van der Waals surface area contributed by atoms with Gasteiger partial charge in [0.05, 0.1) is 18.8 Å². The van der Waals surface area contributed by atoms with Crippen molar-refractivity contribution in [3.63, 3.8) is 0 Å². The van der Waals surface area contributed by atoms with Crippen molar-refractivity contribution >= 4 is 6.08 Å². The molecule has 4 nitrogen and oxygen atoms in total. The summed E-state index contributed by atoms with van der Waals surface area (Å²) >= 11 is 0. The Balaban J connectivity index is 2.76. The molecule has 0 aliphatic rings. The second-order valence-electron chi connectivity index (χ2n) is 7.76. The van der Waals surface area contributed by atoms with Crippen molar-refractivity contribution in [2.45, 2.75) is 61.0 Å². The maximum absolute atomic E-state index is 12.2. The Hall–Kier alpha value is -2.33. The highest BCUT2D eigenvalue weighted by Crippen LogP contribution is 2.21. The molecular formula is C25H36O4. The number of hydrogen-bond donors (Lipinski definition) is 1. The Morgan fingerprint density at radius 3 is 2.45 bits per heavy atom. The lowest BCUT2D eigenvalue weighted by atomic mass is 9.96. The van der Waals surface area contributed by atoms with Crippen LogP contribution in [0.2, 0.25) is 0 Å². The van der Waals surface area contributed by atoms with Crippen molar-refractivity contribution in [2.24, 2.45) is 11.8 Å². The molecule has 0 fully saturated rings. The molecule has 1 N–H and O–H groups in total. The van der Waals surface area contributed by atoms with E-state index < -0.39 is 6.10 Å². The summed E-state index contributed by atoms with van der Waals surface area (Å²) in [5.41, 5.74) is 3.14. The Morgan fingerprint density at radius 1 is 1.21 bits per heavy atom. The molecule has 1 heterocycles. The van der Waals surface area contributed by atoms with Gasteiger partial charge in [-0.3, -0.25) is 4.79 Å². The van der Waals surface area contributed by atoms with Gasteiger partial charge in [0, 0.05) is 11.5 Å². The van der Waals surface area contributed by atoms with Crippen molar-refractivity contribution in [2.75, 3.05) is 7.11 Å². The number of allylic oxidation sites excluding steroid dienone is 5. The number of rotatable bonds is 9. The van der Waals surface area contributed by atoms with Crippen molar-refractivity contribution in [1.29, 1.82) is 0 Å². The number of hydrogen-bond acceptors (Lipinski definition) is 4. The molecule has 0 spiro atoms. The number of aliphatic hydroxyl groups is 1. The van der Waals surface area contributed by atoms with E-state index in [1.807, 2.05) is 45.9 Å². The molecule has 1 aromatic heterocycles. The van der Waals surface area contributed by atoms with Gasteiger partial charge in [0.1, 0.15) is 5.76 Å². The fraction of sp³-hybridized carbons (Fsp3) is 0.480. The molecule has 0 bridgehead atoms. The lowest BCUT2D eigenvalue weighted by Crippen LogP contribution is -2.17. The lowest BCUT2D eigenvalue weighted by molar-refractivity contribution is 0.173. The zero-order valence-corrected chi connectivity index (χ0v) is 19.1. The summed E-state index contributed by atoms with van der Waals surface area (Å²) in [4.78, 5) is 12.2. The third-order valence-electron chi connectivity index (χ3n) is 5.16. The first kappa shape index (κ1) is 24.7. The maximum Gasteiger partial charge on any atom is 0.291 e. The van der Waals surface area contributed by atoms with Crippen LogP contribution in [0.4, 0.5) is 0 Å². The molecule has 1 aromatic rings. The lowest BCUT2D eigenvalue weighted by Gasteiger charge is -2.16. The molecule has 0 saturated heterocycles. The normalized spacial score (nSPS) is 16.4. The summed E-state index contributed by atoms with van der Waals surface area (Å²) in [5, 5.41) is 10.2. The predicted molar refractivity (Wildman–Crippen MR) is 121 cm³/mol. The van der Waals surface area contributed by atoms with Gasteiger partial charge in [0.25, 0.3) is 5.95 Å². The fourth-order valence-electron chi connectivity index (χ4n) is 3.04. The molecule has 0 saturated carbocycles. The zero-order valence-electron chi connectivity index (χ0n) is 19.1. The van der Waals surface area contributed by atoms with Gasteiger partial charge in [-0.1, -0.05) is 49.8 Å². The van der Waals surface area contributed by atoms with E-state index in [0.29, 0.717) is 16.9 Å². The molecular weight excluding hydrogens is 364 g/mol. The minimum absolute atomic E-state index is 0.0504. The third-order valence-corrected chi connectivity index (χ3v) is 5.16. The monoisotopic (exact) mass is 400 g/mol. The van der Waals surface area contributed by atoms with Gasteiger partial charge in [-0.05, 0) is 58.6 Å². The fourth-order valence-corrected chi connectivity index (χ4v) is 3.04. The van der Waals surface area contributed by atoms with E-state index in [0.717, 1.165) is 17.6 Å². The predicted octanol–water partition coefficient (Wildman–Crippen LogP) is 5.77. The average Bonchev–Trinajstić information content (AvgIpc) is 2.70. The van der Waals surface area contributed by atoms with Crippen LogP contribution in [0, 0.1) is 25.7 Å². The smallest absolute Gasteiger partial charge is 0.291 e. The van der Waals surface area contributed by atoms with Crippen molar-refractivity contribution in [3.05, 3.63) is 68.6 Å². The Labute approximate surface area is 175 Å². The largest absolute Gasteiger partial charge is 0.468 e.